The van der Waals surface area contributed by atoms with Crippen LogP contribution in [-0.2, 0) is 13.0 Å². The molecule has 0 saturated carbocycles. The molecule has 0 fully saturated rings. The van der Waals surface area contributed by atoms with Gasteiger partial charge in [0.25, 0.3) is 11.8 Å². The van der Waals surface area contributed by atoms with Crippen LogP contribution in [0.4, 0.5) is 5.69 Å². The molecule has 0 unspecified atom stereocenters. The first-order chi connectivity index (χ1) is 16.5. The number of aromatic amines is 1. The molecular formula is C26H24N4O4. The second-order valence-electron chi connectivity index (χ2n) is 7.73. The number of anilines is 1. The van der Waals surface area contributed by atoms with Crippen LogP contribution in [-0.4, -0.2) is 27.9 Å². The van der Waals surface area contributed by atoms with Crippen LogP contribution in [0.2, 0.25) is 0 Å². The molecule has 4 rings (SSSR count). The van der Waals surface area contributed by atoms with Crippen LogP contribution in [0.25, 0.3) is 11.0 Å². The van der Waals surface area contributed by atoms with Crippen molar-refractivity contribution in [3.05, 3.63) is 110 Å². The molecular weight excluding hydrogens is 432 g/mol. The zero-order valence-corrected chi connectivity index (χ0v) is 18.6. The van der Waals surface area contributed by atoms with Gasteiger partial charge in [-0.15, -0.1) is 0 Å². The van der Waals surface area contributed by atoms with Gasteiger partial charge in [0.2, 0.25) is 0 Å². The van der Waals surface area contributed by atoms with Crippen LogP contribution >= 0.6 is 0 Å². The topological polar surface area (TPSA) is 113 Å². The summed E-state index contributed by atoms with van der Waals surface area (Å²) in [6.07, 6.45) is 0.694. The Balaban J connectivity index is 1.52. The van der Waals surface area contributed by atoms with Gasteiger partial charge in [0.15, 0.2) is 0 Å². The number of hydrogen-bond acceptors (Lipinski definition) is 4. The molecule has 0 radical (unpaired) electrons. The quantitative estimate of drug-likeness (QED) is 0.371. The minimum absolute atomic E-state index is 0.281. The predicted octanol–water partition coefficient (Wildman–Crippen LogP) is 2.93. The van der Waals surface area contributed by atoms with Gasteiger partial charge in [0.05, 0.1) is 22.3 Å². The number of nitrogens with one attached hydrogen (secondary N) is 3. The predicted molar refractivity (Wildman–Crippen MR) is 131 cm³/mol. The van der Waals surface area contributed by atoms with Gasteiger partial charge in [0.1, 0.15) is 0 Å². The van der Waals surface area contributed by atoms with Gasteiger partial charge < -0.3 is 20.2 Å². The number of H-pyrrole nitrogens is 1. The summed E-state index contributed by atoms with van der Waals surface area (Å²) in [6.45, 7) is 2.56. The Hall–Kier alpha value is -4.46. The molecule has 3 aromatic carbocycles. The number of fused-ring (bicyclic) bond motifs is 1. The molecule has 0 spiro atoms. The molecule has 34 heavy (non-hydrogen) atoms. The van der Waals surface area contributed by atoms with E-state index in [2.05, 4.69) is 15.6 Å². The molecule has 0 saturated heterocycles. The normalized spacial score (nSPS) is 10.7. The number of amides is 2. The van der Waals surface area contributed by atoms with Crippen LogP contribution in [0, 0.1) is 0 Å². The first-order valence-corrected chi connectivity index (χ1v) is 11.0. The summed E-state index contributed by atoms with van der Waals surface area (Å²) in [5.74, 6) is -0.733. The lowest BCUT2D eigenvalue weighted by atomic mass is 10.1. The zero-order valence-electron chi connectivity index (χ0n) is 18.6. The summed E-state index contributed by atoms with van der Waals surface area (Å²) in [4.78, 5) is 52.2. The third-order valence-electron chi connectivity index (χ3n) is 5.52. The maximum absolute atomic E-state index is 12.9. The molecule has 2 amide bonds. The number of carbonyl (C=O) groups is 2. The Morgan fingerprint density at radius 1 is 0.912 bits per heavy atom. The van der Waals surface area contributed by atoms with E-state index in [-0.39, 0.29) is 11.5 Å². The molecule has 0 atom stereocenters. The Bertz CT molecular complexity index is 1470. The summed E-state index contributed by atoms with van der Waals surface area (Å²) >= 11 is 0. The number of benzene rings is 3. The molecule has 0 aliphatic carbocycles. The van der Waals surface area contributed by atoms with Crippen molar-refractivity contribution in [3.8, 4) is 0 Å². The van der Waals surface area contributed by atoms with Crippen molar-refractivity contribution in [2.75, 3.05) is 11.9 Å². The summed E-state index contributed by atoms with van der Waals surface area (Å²) in [6, 6.07) is 21.3. The van der Waals surface area contributed by atoms with Gasteiger partial charge in [-0.3, -0.25) is 19.2 Å². The molecule has 8 heteroatoms. The average molecular weight is 457 g/mol. The number of aromatic nitrogens is 2. The second-order valence-corrected chi connectivity index (χ2v) is 7.73. The van der Waals surface area contributed by atoms with Gasteiger partial charge in [-0.2, -0.15) is 0 Å². The number of nitrogens with zero attached hydrogens (tertiary/aromatic N) is 1. The van der Waals surface area contributed by atoms with Crippen LogP contribution in [0.1, 0.15) is 33.2 Å². The Morgan fingerprint density at radius 3 is 2.41 bits per heavy atom. The van der Waals surface area contributed by atoms with Crippen LogP contribution in [0.5, 0.6) is 0 Å². The Morgan fingerprint density at radius 2 is 1.65 bits per heavy atom. The van der Waals surface area contributed by atoms with E-state index in [1.165, 1.54) is 10.6 Å². The van der Waals surface area contributed by atoms with E-state index in [4.69, 9.17) is 0 Å². The molecule has 172 valence electrons. The van der Waals surface area contributed by atoms with Crippen molar-refractivity contribution in [3.63, 3.8) is 0 Å². The highest BCUT2D eigenvalue weighted by Crippen LogP contribution is 2.18. The highest BCUT2D eigenvalue weighted by Gasteiger charge is 2.15. The second kappa shape index (κ2) is 9.99. The lowest BCUT2D eigenvalue weighted by molar-refractivity contribution is 0.0955. The van der Waals surface area contributed by atoms with E-state index in [1.54, 1.807) is 43.3 Å². The van der Waals surface area contributed by atoms with Crippen molar-refractivity contribution in [2.45, 2.75) is 19.9 Å². The van der Waals surface area contributed by atoms with Gasteiger partial charge in [-0.25, -0.2) is 0 Å². The maximum Gasteiger partial charge on any atom is 0.316 e. The summed E-state index contributed by atoms with van der Waals surface area (Å²) in [5.41, 5.74) is 1.64. The standard InChI is InChI=1S/C26H24N4O4/c1-2-30-22-13-12-18(16-21(22)29-25(33)26(30)34)23(31)28-20-11-7-6-10-19(20)24(32)27-15-14-17-8-4-3-5-9-17/h3-13,16H,2,14-15H2,1H3,(H,27,32)(H,28,31)(H,29,33). The molecule has 4 aromatic rings. The zero-order chi connectivity index (χ0) is 24.1. The molecule has 1 aromatic heterocycles. The van der Waals surface area contributed by atoms with E-state index >= 15 is 0 Å². The van der Waals surface area contributed by atoms with Crippen molar-refractivity contribution in [1.82, 2.24) is 14.9 Å². The van der Waals surface area contributed by atoms with E-state index in [9.17, 15) is 19.2 Å². The third kappa shape index (κ3) is 4.80. The fourth-order valence-corrected chi connectivity index (χ4v) is 3.78. The number of carbonyl (C=O) groups excluding carboxylic acids is 2. The van der Waals surface area contributed by atoms with Gasteiger partial charge >= 0.3 is 11.1 Å². The smallest absolute Gasteiger partial charge is 0.316 e. The monoisotopic (exact) mass is 456 g/mol. The molecule has 0 bridgehead atoms. The van der Waals surface area contributed by atoms with E-state index in [1.807, 2.05) is 30.3 Å². The molecule has 1 heterocycles. The fraction of sp³-hybridized carbons (Fsp3) is 0.154. The number of para-hydroxylation sites is 1. The number of rotatable bonds is 7. The number of hydrogen-bond donors (Lipinski definition) is 3. The fourth-order valence-electron chi connectivity index (χ4n) is 3.78. The van der Waals surface area contributed by atoms with E-state index in [0.717, 1.165) is 5.56 Å². The van der Waals surface area contributed by atoms with Gasteiger partial charge in [0, 0.05) is 18.7 Å². The third-order valence-corrected chi connectivity index (χ3v) is 5.52. The maximum atomic E-state index is 12.9. The lowest BCUT2D eigenvalue weighted by Crippen LogP contribution is -2.36. The first-order valence-electron chi connectivity index (χ1n) is 11.0. The van der Waals surface area contributed by atoms with Crippen molar-refractivity contribution >= 4 is 28.5 Å². The van der Waals surface area contributed by atoms with Crippen LogP contribution in [0.15, 0.2) is 82.4 Å². The molecule has 3 N–H and O–H groups in total. The van der Waals surface area contributed by atoms with Crippen molar-refractivity contribution < 1.29 is 9.59 Å². The molecule has 8 nitrogen and oxygen atoms in total. The first kappa shape index (κ1) is 22.7. The van der Waals surface area contributed by atoms with Crippen molar-refractivity contribution in [2.24, 2.45) is 0 Å². The van der Waals surface area contributed by atoms with E-state index < -0.39 is 17.0 Å². The van der Waals surface area contributed by atoms with Crippen LogP contribution < -0.4 is 21.8 Å². The largest absolute Gasteiger partial charge is 0.352 e. The van der Waals surface area contributed by atoms with E-state index in [0.29, 0.717) is 41.8 Å². The summed E-state index contributed by atoms with van der Waals surface area (Å²) in [7, 11) is 0. The SMILES string of the molecule is CCn1c(=O)c(=O)[nH]c2cc(C(=O)Nc3ccccc3C(=O)NCCc3ccccc3)ccc21. The minimum Gasteiger partial charge on any atom is -0.352 e. The minimum atomic E-state index is -0.746. The Labute approximate surface area is 195 Å². The average Bonchev–Trinajstić information content (AvgIpc) is 2.85. The highest BCUT2D eigenvalue weighted by molar-refractivity contribution is 6.09. The van der Waals surface area contributed by atoms with Crippen molar-refractivity contribution in [1.29, 1.82) is 0 Å². The van der Waals surface area contributed by atoms with Crippen LogP contribution in [0.3, 0.4) is 0 Å². The summed E-state index contributed by atoms with van der Waals surface area (Å²) < 4.78 is 1.35. The van der Waals surface area contributed by atoms with Gasteiger partial charge in [-0.1, -0.05) is 42.5 Å². The lowest BCUT2D eigenvalue weighted by Gasteiger charge is -2.12. The number of aryl methyl sites for hydroxylation is 1. The molecule has 0 aliphatic heterocycles. The summed E-state index contributed by atoms with van der Waals surface area (Å²) in [5, 5.41) is 5.66. The molecule has 0 aliphatic rings. The Kier molecular flexibility index (Phi) is 6.68. The van der Waals surface area contributed by atoms with Gasteiger partial charge in [-0.05, 0) is 49.2 Å². The highest BCUT2D eigenvalue weighted by atomic mass is 16.2.